The molecule has 0 unspecified atom stereocenters. The van der Waals surface area contributed by atoms with Crippen molar-refractivity contribution in [3.63, 3.8) is 0 Å². The molecule has 6 nitrogen and oxygen atoms in total. The molecule has 35 heavy (non-hydrogen) atoms. The molecule has 1 aromatic carbocycles. The number of benzene rings is 1. The number of rotatable bonds is 15. The van der Waals surface area contributed by atoms with Gasteiger partial charge in [0.1, 0.15) is 5.72 Å². The highest BCUT2D eigenvalue weighted by Crippen LogP contribution is 2.28. The van der Waals surface area contributed by atoms with Gasteiger partial charge in [-0.15, -0.1) is 11.8 Å². The average molecular weight is 486 g/mol. The van der Waals surface area contributed by atoms with Crippen LogP contribution in [0.3, 0.4) is 0 Å². The zero-order chi connectivity index (χ0) is 25.4. The molecular formula is C29H43NO5. The molecule has 0 aromatic heterocycles. The minimum absolute atomic E-state index is 0.174. The summed E-state index contributed by atoms with van der Waals surface area (Å²) in [5, 5.41) is 9.39. The Morgan fingerprint density at radius 1 is 0.943 bits per heavy atom. The van der Waals surface area contributed by atoms with E-state index in [1.165, 1.54) is 56.3 Å². The Kier molecular flexibility index (Phi) is 13.3. The number of hydrogen-bond donors (Lipinski definition) is 1. The Morgan fingerprint density at radius 2 is 1.51 bits per heavy atom. The van der Waals surface area contributed by atoms with Gasteiger partial charge >= 0.3 is 12.1 Å². The second-order valence-electron chi connectivity index (χ2n) is 9.76. The Bertz CT molecular complexity index is 811. The van der Waals surface area contributed by atoms with Crippen molar-refractivity contribution in [1.29, 1.82) is 0 Å². The second kappa shape index (κ2) is 16.2. The molecule has 1 aliphatic heterocycles. The Morgan fingerprint density at radius 3 is 2.11 bits per heavy atom. The molecule has 0 aliphatic carbocycles. The summed E-state index contributed by atoms with van der Waals surface area (Å²) in [5.41, 5.74) is -0.147. The Hall–Kier alpha value is -2.52. The maximum atomic E-state index is 11.8. The number of amides is 1. The monoisotopic (exact) mass is 485 g/mol. The predicted molar refractivity (Wildman–Crippen MR) is 138 cm³/mol. The van der Waals surface area contributed by atoms with Crippen LogP contribution in [0.1, 0.15) is 108 Å². The smallest absolute Gasteiger partial charge is 0.409 e. The van der Waals surface area contributed by atoms with Crippen molar-refractivity contribution in [1.82, 2.24) is 4.90 Å². The summed E-state index contributed by atoms with van der Waals surface area (Å²) >= 11 is 0. The molecule has 2 rings (SSSR count). The van der Waals surface area contributed by atoms with Crippen molar-refractivity contribution in [2.75, 3.05) is 13.2 Å². The molecule has 1 amide bonds. The maximum absolute atomic E-state index is 11.8. The molecular weight excluding hydrogens is 442 g/mol. The van der Waals surface area contributed by atoms with Crippen LogP contribution in [-0.4, -0.2) is 47.0 Å². The lowest BCUT2D eigenvalue weighted by Crippen LogP contribution is -2.47. The average Bonchev–Trinajstić information content (AvgIpc) is 3.15. The molecule has 0 saturated carbocycles. The van der Waals surface area contributed by atoms with Gasteiger partial charge in [-0.1, -0.05) is 76.0 Å². The molecule has 0 bridgehead atoms. The van der Waals surface area contributed by atoms with Gasteiger partial charge in [0.2, 0.25) is 0 Å². The van der Waals surface area contributed by atoms with E-state index in [2.05, 4.69) is 11.8 Å². The highest BCUT2D eigenvalue weighted by atomic mass is 16.5. The van der Waals surface area contributed by atoms with Crippen LogP contribution in [0.5, 0.6) is 0 Å². The van der Waals surface area contributed by atoms with Crippen LogP contribution in [-0.2, 0) is 9.47 Å². The topological polar surface area (TPSA) is 76.1 Å². The van der Waals surface area contributed by atoms with Crippen molar-refractivity contribution in [3.8, 4) is 11.8 Å². The van der Waals surface area contributed by atoms with Gasteiger partial charge in [0.25, 0.3) is 0 Å². The second-order valence-corrected chi connectivity index (χ2v) is 9.76. The van der Waals surface area contributed by atoms with Gasteiger partial charge < -0.3 is 14.6 Å². The molecule has 0 radical (unpaired) electrons. The largest absolute Gasteiger partial charge is 0.465 e. The number of ether oxygens (including phenoxy) is 2. The Labute approximate surface area is 211 Å². The summed E-state index contributed by atoms with van der Waals surface area (Å²) in [6, 6.07) is 8.97. The molecule has 1 heterocycles. The lowest BCUT2D eigenvalue weighted by molar-refractivity contribution is -0.0418. The minimum Gasteiger partial charge on any atom is -0.465 e. The van der Waals surface area contributed by atoms with Gasteiger partial charge in [-0.2, -0.15) is 0 Å². The third-order valence-electron chi connectivity index (χ3n) is 6.43. The van der Waals surface area contributed by atoms with Crippen molar-refractivity contribution in [3.05, 3.63) is 35.9 Å². The van der Waals surface area contributed by atoms with Crippen molar-refractivity contribution in [2.24, 2.45) is 0 Å². The van der Waals surface area contributed by atoms with Crippen LogP contribution in [0.25, 0.3) is 0 Å². The number of carbonyl (C=O) groups is 2. The van der Waals surface area contributed by atoms with E-state index >= 15 is 0 Å². The number of carboxylic acid groups (broad SMARTS) is 1. The third-order valence-corrected chi connectivity index (χ3v) is 6.43. The van der Waals surface area contributed by atoms with E-state index < -0.39 is 11.8 Å². The highest BCUT2D eigenvalue weighted by molar-refractivity contribution is 5.89. The van der Waals surface area contributed by atoms with Crippen LogP contribution in [0.4, 0.5) is 4.79 Å². The highest BCUT2D eigenvalue weighted by Gasteiger charge is 2.43. The standard InChI is InChI=1S/C29H43NO5/c1-29(2)30(28(32)33)26(24-35-29)22-18-13-11-9-7-5-3-4-6-8-10-12-14-19-23-34-27(31)25-20-16-15-17-21-25/h15-17,20-21,26H,3-12,14,19,22-24H2,1-2H3,(H,32,33)/t26-/m1/s1. The van der Waals surface area contributed by atoms with Crippen LogP contribution in [0, 0.1) is 11.8 Å². The van der Waals surface area contributed by atoms with Gasteiger partial charge in [0.05, 0.1) is 24.8 Å². The molecule has 1 saturated heterocycles. The Balaban J connectivity index is 1.35. The van der Waals surface area contributed by atoms with Gasteiger partial charge in [-0.25, -0.2) is 9.59 Å². The summed E-state index contributed by atoms with van der Waals surface area (Å²) in [5.74, 6) is 6.12. The molecule has 1 aromatic rings. The number of carbonyl (C=O) groups excluding carboxylic acids is 1. The zero-order valence-corrected chi connectivity index (χ0v) is 21.6. The molecule has 1 aliphatic rings. The van der Waals surface area contributed by atoms with Crippen LogP contribution < -0.4 is 0 Å². The molecule has 1 atom stereocenters. The molecule has 1 fully saturated rings. The van der Waals surface area contributed by atoms with E-state index in [0.717, 1.165) is 25.7 Å². The van der Waals surface area contributed by atoms with Gasteiger partial charge in [-0.3, -0.25) is 4.90 Å². The predicted octanol–water partition coefficient (Wildman–Crippen LogP) is 7.03. The first kappa shape index (κ1) is 28.7. The first-order valence-electron chi connectivity index (χ1n) is 13.3. The van der Waals surface area contributed by atoms with E-state index in [-0.39, 0.29) is 12.0 Å². The summed E-state index contributed by atoms with van der Waals surface area (Å²) in [4.78, 5) is 24.7. The summed E-state index contributed by atoms with van der Waals surface area (Å²) in [6.45, 7) is 4.48. The van der Waals surface area contributed by atoms with E-state index in [4.69, 9.17) is 9.47 Å². The van der Waals surface area contributed by atoms with Crippen molar-refractivity contribution >= 4 is 12.1 Å². The minimum atomic E-state index is -0.943. The summed E-state index contributed by atoms with van der Waals surface area (Å²) in [7, 11) is 0. The molecule has 194 valence electrons. The van der Waals surface area contributed by atoms with Crippen LogP contribution in [0.15, 0.2) is 30.3 Å². The molecule has 0 spiro atoms. The van der Waals surface area contributed by atoms with Gasteiger partial charge in [0, 0.05) is 12.8 Å². The fourth-order valence-electron chi connectivity index (χ4n) is 4.43. The number of unbranched alkanes of at least 4 members (excludes halogenated alkanes) is 11. The first-order valence-corrected chi connectivity index (χ1v) is 13.3. The SMILES string of the molecule is CC1(C)OC[C@@H](CC#CCCCCCCCCCCCCCOC(=O)c2ccccc2)N1C(=O)O. The maximum Gasteiger partial charge on any atom is 0.409 e. The first-order chi connectivity index (χ1) is 16.9. The van der Waals surface area contributed by atoms with Gasteiger partial charge in [-0.05, 0) is 38.8 Å². The number of nitrogens with zero attached hydrogens (tertiary/aromatic N) is 1. The van der Waals surface area contributed by atoms with E-state index in [0.29, 0.717) is 25.2 Å². The van der Waals surface area contributed by atoms with Crippen LogP contribution >= 0.6 is 0 Å². The van der Waals surface area contributed by atoms with Crippen molar-refractivity contribution < 1.29 is 24.2 Å². The van der Waals surface area contributed by atoms with Gasteiger partial charge in [0.15, 0.2) is 0 Å². The normalized spacial score (nSPS) is 16.5. The van der Waals surface area contributed by atoms with Crippen molar-refractivity contribution in [2.45, 2.75) is 109 Å². The summed E-state index contributed by atoms with van der Waals surface area (Å²) < 4.78 is 10.9. The zero-order valence-electron chi connectivity index (χ0n) is 21.6. The lowest BCUT2D eigenvalue weighted by Gasteiger charge is -2.30. The van der Waals surface area contributed by atoms with E-state index in [1.54, 1.807) is 26.0 Å². The molecule has 1 N–H and O–H groups in total. The summed E-state index contributed by atoms with van der Waals surface area (Å²) in [6.07, 6.45) is 13.7. The van der Waals surface area contributed by atoms with E-state index in [1.807, 2.05) is 18.2 Å². The van der Waals surface area contributed by atoms with Crippen LogP contribution in [0.2, 0.25) is 0 Å². The fraction of sp³-hybridized carbons (Fsp3) is 0.655. The lowest BCUT2D eigenvalue weighted by atomic mass is 10.1. The molecule has 6 heteroatoms. The van der Waals surface area contributed by atoms with E-state index in [9.17, 15) is 14.7 Å². The third kappa shape index (κ3) is 11.2. The quantitative estimate of drug-likeness (QED) is 0.164. The fourth-order valence-corrected chi connectivity index (χ4v) is 4.43. The number of esters is 1. The number of hydrogen-bond acceptors (Lipinski definition) is 4.